The van der Waals surface area contributed by atoms with Crippen LogP contribution in [-0.2, 0) is 0 Å². The summed E-state index contributed by atoms with van der Waals surface area (Å²) in [7, 11) is 0. The molecule has 1 atom stereocenters. The number of nitrogens with zero attached hydrogens (tertiary/aromatic N) is 1. The molecule has 0 spiro atoms. The Morgan fingerprint density at radius 2 is 2.53 bits per heavy atom. The lowest BCUT2D eigenvalue weighted by Gasteiger charge is -2.22. The average Bonchev–Trinajstić information content (AvgIpc) is 2.29. The molecule has 1 fully saturated rings. The van der Waals surface area contributed by atoms with Crippen molar-refractivity contribution in [2.75, 3.05) is 19.7 Å². The Balaban J connectivity index is 1.84. The van der Waals surface area contributed by atoms with Gasteiger partial charge in [-0.05, 0) is 31.5 Å². The van der Waals surface area contributed by atoms with E-state index in [9.17, 15) is 0 Å². The normalized spacial score (nSPS) is 21.3. The van der Waals surface area contributed by atoms with Crippen LogP contribution in [0.15, 0.2) is 18.3 Å². The summed E-state index contributed by atoms with van der Waals surface area (Å²) in [5.41, 5.74) is 0. The molecule has 1 saturated heterocycles. The van der Waals surface area contributed by atoms with Crippen molar-refractivity contribution in [3.8, 4) is 5.88 Å². The van der Waals surface area contributed by atoms with Gasteiger partial charge in [-0.25, -0.2) is 4.98 Å². The van der Waals surface area contributed by atoms with Crippen LogP contribution in [0.4, 0.5) is 0 Å². The quantitative estimate of drug-likeness (QED) is 0.857. The van der Waals surface area contributed by atoms with Crippen LogP contribution in [0.25, 0.3) is 0 Å². The van der Waals surface area contributed by atoms with Crippen molar-refractivity contribution in [3.63, 3.8) is 0 Å². The highest BCUT2D eigenvalue weighted by Gasteiger charge is 2.14. The third-order valence-corrected chi connectivity index (χ3v) is 2.87. The molecule has 1 aliphatic heterocycles. The molecule has 0 aliphatic carbocycles. The fraction of sp³-hybridized carbons (Fsp3) is 0.545. The largest absolute Gasteiger partial charge is 0.476 e. The molecule has 0 radical (unpaired) electrons. The Morgan fingerprint density at radius 3 is 3.27 bits per heavy atom. The Morgan fingerprint density at radius 1 is 1.60 bits per heavy atom. The van der Waals surface area contributed by atoms with Crippen LogP contribution < -0.4 is 10.1 Å². The van der Waals surface area contributed by atoms with Gasteiger partial charge in [0, 0.05) is 18.7 Å². The zero-order valence-corrected chi connectivity index (χ0v) is 9.33. The predicted octanol–water partition coefficient (Wildman–Crippen LogP) is 2.11. The van der Waals surface area contributed by atoms with Crippen molar-refractivity contribution in [2.24, 2.45) is 5.92 Å². The lowest BCUT2D eigenvalue weighted by atomic mass is 10.0. The highest BCUT2D eigenvalue weighted by molar-refractivity contribution is 6.31. The molecule has 2 rings (SSSR count). The molecule has 0 unspecified atom stereocenters. The molecule has 15 heavy (non-hydrogen) atoms. The van der Waals surface area contributed by atoms with Gasteiger partial charge < -0.3 is 10.1 Å². The minimum Gasteiger partial charge on any atom is -0.476 e. The second kappa shape index (κ2) is 5.33. The zero-order valence-electron chi connectivity index (χ0n) is 8.58. The maximum atomic E-state index is 5.94. The van der Waals surface area contributed by atoms with Crippen molar-refractivity contribution in [1.82, 2.24) is 10.3 Å². The number of pyridine rings is 1. The van der Waals surface area contributed by atoms with Gasteiger partial charge in [-0.1, -0.05) is 11.6 Å². The van der Waals surface area contributed by atoms with Gasteiger partial charge in [0.1, 0.15) is 5.02 Å². The maximum Gasteiger partial charge on any atom is 0.232 e. The van der Waals surface area contributed by atoms with E-state index in [0.29, 0.717) is 23.4 Å². The minimum absolute atomic E-state index is 0.546. The standard InChI is InChI=1S/C11H15ClN2O/c12-10-4-2-6-14-11(10)15-8-9-3-1-5-13-7-9/h2,4,6,9,13H,1,3,5,7-8H2/t9-/m0/s1. The van der Waals surface area contributed by atoms with Crippen LogP contribution in [0.3, 0.4) is 0 Å². The number of hydrogen-bond acceptors (Lipinski definition) is 3. The van der Waals surface area contributed by atoms with Gasteiger partial charge in [-0.15, -0.1) is 0 Å². The summed E-state index contributed by atoms with van der Waals surface area (Å²) >= 11 is 5.94. The molecule has 1 N–H and O–H groups in total. The SMILES string of the molecule is Clc1cccnc1OC[C@H]1CCCNC1. The van der Waals surface area contributed by atoms with Crippen molar-refractivity contribution in [2.45, 2.75) is 12.8 Å². The first-order chi connectivity index (χ1) is 7.36. The first-order valence-electron chi connectivity index (χ1n) is 5.30. The minimum atomic E-state index is 0.546. The number of ether oxygens (including phenoxy) is 1. The lowest BCUT2D eigenvalue weighted by Crippen LogP contribution is -2.33. The Kier molecular flexibility index (Phi) is 3.80. The molecule has 4 heteroatoms. The van der Waals surface area contributed by atoms with Crippen LogP contribution in [0.5, 0.6) is 5.88 Å². The summed E-state index contributed by atoms with van der Waals surface area (Å²) in [4.78, 5) is 4.09. The fourth-order valence-corrected chi connectivity index (χ4v) is 1.92. The second-order valence-electron chi connectivity index (χ2n) is 3.81. The first kappa shape index (κ1) is 10.7. The van der Waals surface area contributed by atoms with E-state index < -0.39 is 0 Å². The fourth-order valence-electron chi connectivity index (χ4n) is 1.74. The highest BCUT2D eigenvalue weighted by atomic mass is 35.5. The topological polar surface area (TPSA) is 34.1 Å². The number of piperidine rings is 1. The molecule has 0 aromatic carbocycles. The van der Waals surface area contributed by atoms with Gasteiger partial charge in [-0.3, -0.25) is 0 Å². The number of nitrogens with one attached hydrogen (secondary N) is 1. The van der Waals surface area contributed by atoms with E-state index in [1.54, 1.807) is 18.3 Å². The molecule has 82 valence electrons. The van der Waals surface area contributed by atoms with E-state index in [0.717, 1.165) is 13.1 Å². The summed E-state index contributed by atoms with van der Waals surface area (Å²) in [5, 5.41) is 3.94. The maximum absolute atomic E-state index is 5.94. The van der Waals surface area contributed by atoms with Crippen molar-refractivity contribution in [1.29, 1.82) is 0 Å². The molecule has 0 saturated carbocycles. The third kappa shape index (κ3) is 3.08. The molecule has 0 bridgehead atoms. The summed E-state index contributed by atoms with van der Waals surface area (Å²) in [6, 6.07) is 3.60. The smallest absolute Gasteiger partial charge is 0.232 e. The van der Waals surface area contributed by atoms with Crippen LogP contribution in [0, 0.1) is 5.92 Å². The number of rotatable bonds is 3. The van der Waals surface area contributed by atoms with Crippen LogP contribution in [0.2, 0.25) is 5.02 Å². The Labute approximate surface area is 94.8 Å². The average molecular weight is 227 g/mol. The molecule has 0 amide bonds. The second-order valence-corrected chi connectivity index (χ2v) is 4.22. The van der Waals surface area contributed by atoms with E-state index >= 15 is 0 Å². The zero-order chi connectivity index (χ0) is 10.5. The van der Waals surface area contributed by atoms with E-state index in [-0.39, 0.29) is 0 Å². The number of hydrogen-bond donors (Lipinski definition) is 1. The van der Waals surface area contributed by atoms with Gasteiger partial charge in [0.05, 0.1) is 6.61 Å². The molecule has 2 heterocycles. The first-order valence-corrected chi connectivity index (χ1v) is 5.68. The van der Waals surface area contributed by atoms with Gasteiger partial charge in [0.2, 0.25) is 5.88 Å². The van der Waals surface area contributed by atoms with Crippen molar-refractivity contribution in [3.05, 3.63) is 23.4 Å². The Hall–Kier alpha value is -0.800. The van der Waals surface area contributed by atoms with Gasteiger partial charge in [0.15, 0.2) is 0 Å². The predicted molar refractivity (Wildman–Crippen MR) is 60.3 cm³/mol. The summed E-state index contributed by atoms with van der Waals surface area (Å²) in [6.07, 6.45) is 4.14. The van der Waals surface area contributed by atoms with E-state index in [1.165, 1.54) is 12.8 Å². The summed E-state index contributed by atoms with van der Waals surface area (Å²) < 4.78 is 5.59. The van der Waals surface area contributed by atoms with Gasteiger partial charge in [-0.2, -0.15) is 0 Å². The molecule has 1 aliphatic rings. The monoisotopic (exact) mass is 226 g/mol. The molecule has 3 nitrogen and oxygen atoms in total. The molecule has 1 aromatic heterocycles. The van der Waals surface area contributed by atoms with Crippen molar-refractivity contribution < 1.29 is 4.74 Å². The lowest BCUT2D eigenvalue weighted by molar-refractivity contribution is 0.212. The Bertz CT molecular complexity index is 313. The van der Waals surface area contributed by atoms with Crippen molar-refractivity contribution >= 4 is 11.6 Å². The number of aromatic nitrogens is 1. The van der Waals surface area contributed by atoms with Gasteiger partial charge >= 0.3 is 0 Å². The van der Waals surface area contributed by atoms with Crippen LogP contribution >= 0.6 is 11.6 Å². The summed E-state index contributed by atoms with van der Waals surface area (Å²) in [6.45, 7) is 2.86. The third-order valence-electron chi connectivity index (χ3n) is 2.58. The summed E-state index contributed by atoms with van der Waals surface area (Å²) in [5.74, 6) is 1.13. The molecular weight excluding hydrogens is 212 g/mol. The molecule has 1 aromatic rings. The van der Waals surface area contributed by atoms with E-state index in [4.69, 9.17) is 16.3 Å². The van der Waals surface area contributed by atoms with Crippen LogP contribution in [0.1, 0.15) is 12.8 Å². The van der Waals surface area contributed by atoms with Gasteiger partial charge in [0.25, 0.3) is 0 Å². The molecular formula is C11H15ClN2O. The highest BCUT2D eigenvalue weighted by Crippen LogP contribution is 2.21. The number of halogens is 1. The van der Waals surface area contributed by atoms with E-state index in [1.807, 2.05) is 0 Å². The van der Waals surface area contributed by atoms with E-state index in [2.05, 4.69) is 10.3 Å². The van der Waals surface area contributed by atoms with Crippen LogP contribution in [-0.4, -0.2) is 24.7 Å².